The van der Waals surface area contributed by atoms with Crippen LogP contribution >= 0.6 is 27.5 Å². The maximum Gasteiger partial charge on any atom is 0.276 e. The highest BCUT2D eigenvalue weighted by atomic mass is 79.9. The molecular weight excluding hydrogens is 336 g/mol. The quantitative estimate of drug-likeness (QED) is 0.684. The van der Waals surface area contributed by atoms with E-state index in [0.717, 1.165) is 0 Å². The molecule has 19 heavy (non-hydrogen) atoms. The number of ether oxygens (including phenoxy) is 1. The summed E-state index contributed by atoms with van der Waals surface area (Å²) >= 11 is 8.96. The lowest BCUT2D eigenvalue weighted by Crippen LogP contribution is -2.16. The molecule has 0 aliphatic rings. The molecular formula is C11H8BrClN4O2. The van der Waals surface area contributed by atoms with Gasteiger partial charge in [0.25, 0.3) is 5.91 Å². The number of methoxy groups -OCH3 is 1. The fourth-order valence-corrected chi connectivity index (χ4v) is 1.77. The van der Waals surface area contributed by atoms with Gasteiger partial charge in [-0.1, -0.05) is 17.7 Å². The monoisotopic (exact) mass is 342 g/mol. The third kappa shape index (κ3) is 3.62. The van der Waals surface area contributed by atoms with Gasteiger partial charge in [0.05, 0.1) is 7.11 Å². The van der Waals surface area contributed by atoms with Crippen molar-refractivity contribution in [3.8, 4) is 5.88 Å². The van der Waals surface area contributed by atoms with Crippen LogP contribution in [0, 0.1) is 0 Å². The molecule has 0 saturated heterocycles. The normalized spacial score (nSPS) is 10.1. The van der Waals surface area contributed by atoms with Crippen LogP contribution in [0.1, 0.15) is 10.5 Å². The zero-order valence-corrected chi connectivity index (χ0v) is 12.1. The van der Waals surface area contributed by atoms with Gasteiger partial charge in [0.2, 0.25) is 11.8 Å². The second-order valence-corrected chi connectivity index (χ2v) is 4.56. The second-order valence-electron chi connectivity index (χ2n) is 3.36. The first-order valence-electron chi connectivity index (χ1n) is 5.11. The van der Waals surface area contributed by atoms with Gasteiger partial charge in [0.1, 0.15) is 15.5 Å². The van der Waals surface area contributed by atoms with E-state index >= 15 is 0 Å². The van der Waals surface area contributed by atoms with E-state index in [9.17, 15) is 4.79 Å². The summed E-state index contributed by atoms with van der Waals surface area (Å²) in [5.41, 5.74) is 0.233. The number of hydrogen-bond acceptors (Lipinski definition) is 5. The fraction of sp³-hybridized carbons (Fsp3) is 0.0909. The minimum atomic E-state index is -0.439. The Labute approximate surface area is 122 Å². The Morgan fingerprint density at radius 2 is 2.16 bits per heavy atom. The van der Waals surface area contributed by atoms with Crippen LogP contribution in [0.25, 0.3) is 0 Å². The molecule has 0 unspecified atom stereocenters. The van der Waals surface area contributed by atoms with Crippen molar-refractivity contribution in [1.82, 2.24) is 15.0 Å². The number of anilines is 1. The molecule has 2 aromatic rings. The van der Waals surface area contributed by atoms with Gasteiger partial charge < -0.3 is 4.74 Å². The SMILES string of the molecule is COc1cc(Cl)nc(NC(=O)c2cccc(Br)n2)n1. The first kappa shape index (κ1) is 13.7. The Kier molecular flexibility index (Phi) is 4.28. The van der Waals surface area contributed by atoms with Gasteiger partial charge in [-0.25, -0.2) is 9.97 Å². The summed E-state index contributed by atoms with van der Waals surface area (Å²) in [6.45, 7) is 0. The summed E-state index contributed by atoms with van der Waals surface area (Å²) in [7, 11) is 1.44. The van der Waals surface area contributed by atoms with Gasteiger partial charge in [-0.05, 0) is 28.1 Å². The fourth-order valence-electron chi connectivity index (χ4n) is 1.26. The zero-order valence-electron chi connectivity index (χ0n) is 9.72. The summed E-state index contributed by atoms with van der Waals surface area (Å²) in [4.78, 5) is 23.8. The van der Waals surface area contributed by atoms with E-state index < -0.39 is 5.91 Å². The Balaban J connectivity index is 2.21. The van der Waals surface area contributed by atoms with Crippen molar-refractivity contribution in [2.45, 2.75) is 0 Å². The highest BCUT2D eigenvalue weighted by Gasteiger charge is 2.11. The van der Waals surface area contributed by atoms with Gasteiger partial charge in [0.15, 0.2) is 0 Å². The van der Waals surface area contributed by atoms with Crippen molar-refractivity contribution in [2.75, 3.05) is 12.4 Å². The Hall–Kier alpha value is -1.73. The van der Waals surface area contributed by atoms with Gasteiger partial charge in [-0.2, -0.15) is 4.98 Å². The number of amides is 1. The molecule has 1 amide bonds. The van der Waals surface area contributed by atoms with Crippen LogP contribution < -0.4 is 10.1 Å². The van der Waals surface area contributed by atoms with E-state index in [-0.39, 0.29) is 22.7 Å². The van der Waals surface area contributed by atoms with Crippen molar-refractivity contribution in [1.29, 1.82) is 0 Å². The van der Waals surface area contributed by atoms with Gasteiger partial charge >= 0.3 is 0 Å². The summed E-state index contributed by atoms with van der Waals surface area (Å²) in [5, 5.41) is 2.66. The van der Waals surface area contributed by atoms with Crippen molar-refractivity contribution >= 4 is 39.4 Å². The Morgan fingerprint density at radius 3 is 2.84 bits per heavy atom. The molecule has 2 rings (SSSR count). The van der Waals surface area contributed by atoms with Crippen molar-refractivity contribution < 1.29 is 9.53 Å². The van der Waals surface area contributed by atoms with E-state index in [4.69, 9.17) is 16.3 Å². The molecule has 8 heteroatoms. The first-order chi connectivity index (χ1) is 9.08. The number of pyridine rings is 1. The number of carbonyl (C=O) groups is 1. The van der Waals surface area contributed by atoms with Crippen LogP contribution in [0.5, 0.6) is 5.88 Å². The minimum Gasteiger partial charge on any atom is -0.481 e. The van der Waals surface area contributed by atoms with E-state index in [1.165, 1.54) is 13.2 Å². The highest BCUT2D eigenvalue weighted by Crippen LogP contribution is 2.16. The standard InChI is InChI=1S/C11H8BrClN4O2/c1-19-9-5-8(13)15-11(16-9)17-10(18)6-3-2-4-7(12)14-6/h2-5H,1H3,(H,15,16,17,18). The van der Waals surface area contributed by atoms with Crippen molar-refractivity contribution in [3.63, 3.8) is 0 Å². The third-order valence-electron chi connectivity index (χ3n) is 2.05. The minimum absolute atomic E-state index is 0.0520. The van der Waals surface area contributed by atoms with Crippen LogP contribution in [0.3, 0.4) is 0 Å². The van der Waals surface area contributed by atoms with Gasteiger partial charge in [-0.3, -0.25) is 10.1 Å². The van der Waals surface area contributed by atoms with Crippen molar-refractivity contribution in [3.05, 3.63) is 39.7 Å². The summed E-state index contributed by atoms with van der Waals surface area (Å²) < 4.78 is 5.49. The molecule has 0 spiro atoms. The summed E-state index contributed by atoms with van der Waals surface area (Å²) in [5.74, 6) is -0.126. The molecule has 0 bridgehead atoms. The molecule has 6 nitrogen and oxygen atoms in total. The Bertz CT molecular complexity index is 623. The molecule has 0 aliphatic carbocycles. The second kappa shape index (κ2) is 5.94. The zero-order chi connectivity index (χ0) is 13.8. The average molecular weight is 344 g/mol. The molecule has 0 aromatic carbocycles. The van der Waals surface area contributed by atoms with Crippen LogP contribution in [0.4, 0.5) is 5.95 Å². The number of carbonyl (C=O) groups excluding carboxylic acids is 1. The van der Waals surface area contributed by atoms with E-state index in [0.29, 0.717) is 4.60 Å². The maximum atomic E-state index is 11.9. The van der Waals surface area contributed by atoms with Gasteiger partial charge in [-0.15, -0.1) is 0 Å². The largest absolute Gasteiger partial charge is 0.481 e. The number of aromatic nitrogens is 3. The molecule has 0 aliphatic heterocycles. The molecule has 1 N–H and O–H groups in total. The van der Waals surface area contributed by atoms with Gasteiger partial charge in [0, 0.05) is 6.07 Å². The van der Waals surface area contributed by atoms with E-state index in [1.807, 2.05) is 0 Å². The smallest absolute Gasteiger partial charge is 0.276 e. The number of nitrogens with one attached hydrogen (secondary N) is 1. The van der Waals surface area contributed by atoms with Crippen LogP contribution in [-0.4, -0.2) is 28.0 Å². The van der Waals surface area contributed by atoms with E-state index in [1.54, 1.807) is 18.2 Å². The number of hydrogen-bond donors (Lipinski definition) is 1. The van der Waals surface area contributed by atoms with Crippen molar-refractivity contribution in [2.24, 2.45) is 0 Å². The topological polar surface area (TPSA) is 77.0 Å². The van der Waals surface area contributed by atoms with Crippen LogP contribution in [-0.2, 0) is 0 Å². The van der Waals surface area contributed by atoms with E-state index in [2.05, 4.69) is 36.2 Å². The third-order valence-corrected chi connectivity index (χ3v) is 2.69. The van der Waals surface area contributed by atoms with Crippen LogP contribution in [0.2, 0.25) is 5.15 Å². The predicted molar refractivity (Wildman–Crippen MR) is 73.5 cm³/mol. The average Bonchev–Trinajstić information content (AvgIpc) is 2.38. The molecule has 2 aromatic heterocycles. The summed E-state index contributed by atoms with van der Waals surface area (Å²) in [6, 6.07) is 6.43. The molecule has 0 saturated carbocycles. The lowest BCUT2D eigenvalue weighted by molar-refractivity contribution is 0.102. The highest BCUT2D eigenvalue weighted by molar-refractivity contribution is 9.10. The number of halogens is 2. The molecule has 98 valence electrons. The Morgan fingerprint density at radius 1 is 1.37 bits per heavy atom. The molecule has 0 radical (unpaired) electrons. The van der Waals surface area contributed by atoms with Crippen LogP contribution in [0.15, 0.2) is 28.9 Å². The molecule has 2 heterocycles. The number of rotatable bonds is 3. The molecule has 0 atom stereocenters. The summed E-state index contributed by atoms with van der Waals surface area (Å²) in [6.07, 6.45) is 0. The number of nitrogens with zero attached hydrogens (tertiary/aromatic N) is 3. The lowest BCUT2D eigenvalue weighted by Gasteiger charge is -2.05. The predicted octanol–water partition coefficient (Wildman–Crippen LogP) is 2.55. The molecule has 0 fully saturated rings. The lowest BCUT2D eigenvalue weighted by atomic mass is 10.3. The first-order valence-corrected chi connectivity index (χ1v) is 6.28. The maximum absolute atomic E-state index is 11.9.